The first kappa shape index (κ1) is 19.8. The van der Waals surface area contributed by atoms with Crippen LogP contribution in [0, 0.1) is 0 Å². The zero-order valence-corrected chi connectivity index (χ0v) is 15.7. The van der Waals surface area contributed by atoms with Crippen LogP contribution in [0.25, 0.3) is 6.08 Å². The second-order valence-electron chi connectivity index (χ2n) is 6.06. The maximum absolute atomic E-state index is 11.8. The van der Waals surface area contributed by atoms with Gasteiger partial charge in [-0.1, -0.05) is 29.3 Å². The zero-order chi connectivity index (χ0) is 18.7. The highest BCUT2D eigenvalue weighted by Gasteiger charge is 2.39. The predicted octanol–water partition coefficient (Wildman–Crippen LogP) is 2.24. The van der Waals surface area contributed by atoms with Gasteiger partial charge in [0.1, 0.15) is 0 Å². The van der Waals surface area contributed by atoms with Crippen LogP contribution in [0.3, 0.4) is 0 Å². The van der Waals surface area contributed by atoms with Crippen molar-refractivity contribution in [3.05, 3.63) is 39.9 Å². The van der Waals surface area contributed by atoms with Crippen LogP contribution < -0.4 is 5.32 Å². The van der Waals surface area contributed by atoms with Crippen LogP contribution in [0.15, 0.2) is 24.3 Å². The molecule has 9 heteroatoms. The molecule has 0 saturated carbocycles. The maximum Gasteiger partial charge on any atom is 0.331 e. The summed E-state index contributed by atoms with van der Waals surface area (Å²) >= 11 is 11.8. The lowest BCUT2D eigenvalue weighted by molar-refractivity contribution is -0.144. The van der Waals surface area contributed by atoms with Gasteiger partial charge in [-0.05, 0) is 37.1 Å². The van der Waals surface area contributed by atoms with Crippen LogP contribution in [0.1, 0.15) is 18.9 Å². The molecule has 0 unspecified atom stereocenters. The fourth-order valence-corrected chi connectivity index (χ4v) is 5.03. The molecule has 136 valence electrons. The predicted molar refractivity (Wildman–Crippen MR) is 96.3 cm³/mol. The summed E-state index contributed by atoms with van der Waals surface area (Å²) in [7, 11) is -3.13. The van der Waals surface area contributed by atoms with E-state index >= 15 is 0 Å². The number of sulfone groups is 1. The van der Waals surface area contributed by atoms with Gasteiger partial charge in [-0.15, -0.1) is 0 Å². The molecule has 0 spiro atoms. The Balaban J connectivity index is 1.83. The van der Waals surface area contributed by atoms with Gasteiger partial charge in [0.25, 0.3) is 5.91 Å². The van der Waals surface area contributed by atoms with E-state index in [1.165, 1.54) is 12.1 Å². The molecule has 1 aromatic rings. The topological polar surface area (TPSA) is 89.5 Å². The molecule has 1 amide bonds. The van der Waals surface area contributed by atoms with Crippen molar-refractivity contribution in [2.45, 2.75) is 18.9 Å². The summed E-state index contributed by atoms with van der Waals surface area (Å²) < 4.78 is 27.8. The molecule has 25 heavy (non-hydrogen) atoms. The largest absolute Gasteiger partial charge is 0.452 e. The number of carbonyl (C=O) groups excluding carboxylic acids is 2. The van der Waals surface area contributed by atoms with Crippen LogP contribution in [-0.2, 0) is 24.2 Å². The van der Waals surface area contributed by atoms with Gasteiger partial charge in [-0.3, -0.25) is 4.79 Å². The lowest BCUT2D eigenvalue weighted by Gasteiger charge is -2.23. The minimum Gasteiger partial charge on any atom is -0.452 e. The van der Waals surface area contributed by atoms with Crippen molar-refractivity contribution in [2.75, 3.05) is 18.1 Å². The number of nitrogens with one attached hydrogen (secondary N) is 1. The van der Waals surface area contributed by atoms with E-state index in [2.05, 4.69) is 5.32 Å². The third kappa shape index (κ3) is 6.02. The number of amides is 1. The molecule has 1 aliphatic rings. The van der Waals surface area contributed by atoms with Crippen LogP contribution >= 0.6 is 23.2 Å². The third-order valence-corrected chi connectivity index (χ3v) is 6.12. The van der Waals surface area contributed by atoms with Gasteiger partial charge in [-0.2, -0.15) is 0 Å². The van der Waals surface area contributed by atoms with Crippen molar-refractivity contribution in [1.82, 2.24) is 5.32 Å². The van der Waals surface area contributed by atoms with Crippen molar-refractivity contribution in [3.8, 4) is 0 Å². The van der Waals surface area contributed by atoms with Gasteiger partial charge in [0, 0.05) is 16.1 Å². The maximum atomic E-state index is 11.8. The first-order valence-electron chi connectivity index (χ1n) is 7.40. The molecule has 6 nitrogen and oxygen atoms in total. The summed E-state index contributed by atoms with van der Waals surface area (Å²) in [5.41, 5.74) is -0.245. The summed E-state index contributed by atoms with van der Waals surface area (Å²) in [5, 5.41) is 3.46. The van der Waals surface area contributed by atoms with E-state index in [0.29, 0.717) is 22.0 Å². The van der Waals surface area contributed by atoms with E-state index in [4.69, 9.17) is 27.9 Å². The van der Waals surface area contributed by atoms with Crippen molar-refractivity contribution in [3.63, 3.8) is 0 Å². The van der Waals surface area contributed by atoms with E-state index in [0.717, 1.165) is 6.08 Å². The van der Waals surface area contributed by atoms with Gasteiger partial charge >= 0.3 is 5.97 Å². The second kappa shape index (κ2) is 7.76. The van der Waals surface area contributed by atoms with E-state index in [9.17, 15) is 18.0 Å². The highest BCUT2D eigenvalue weighted by Crippen LogP contribution is 2.23. The minimum absolute atomic E-state index is 0.0359. The van der Waals surface area contributed by atoms with Crippen LogP contribution in [0.4, 0.5) is 0 Å². The highest BCUT2D eigenvalue weighted by molar-refractivity contribution is 7.91. The molecule has 1 atom stereocenters. The lowest BCUT2D eigenvalue weighted by Crippen LogP contribution is -2.48. The Morgan fingerprint density at radius 3 is 2.68 bits per heavy atom. The van der Waals surface area contributed by atoms with E-state index in [1.807, 2.05) is 0 Å². The summed E-state index contributed by atoms with van der Waals surface area (Å²) in [6.45, 7) is 1.16. The number of benzene rings is 1. The highest BCUT2D eigenvalue weighted by atomic mass is 35.5. The number of hydrogen-bond donors (Lipinski definition) is 1. The monoisotopic (exact) mass is 405 g/mol. The first-order valence-corrected chi connectivity index (χ1v) is 9.98. The Morgan fingerprint density at radius 2 is 2.08 bits per heavy atom. The molecule has 2 rings (SSSR count). The van der Waals surface area contributed by atoms with Crippen molar-refractivity contribution in [1.29, 1.82) is 0 Å². The Labute approximate surface area is 156 Å². The quantitative estimate of drug-likeness (QED) is 0.599. The van der Waals surface area contributed by atoms with Gasteiger partial charge < -0.3 is 10.1 Å². The number of rotatable bonds is 5. The lowest BCUT2D eigenvalue weighted by atomic mass is 10.0. The fraction of sp³-hybridized carbons (Fsp3) is 0.375. The van der Waals surface area contributed by atoms with Gasteiger partial charge in [0.15, 0.2) is 16.4 Å². The van der Waals surface area contributed by atoms with Crippen molar-refractivity contribution < 1.29 is 22.7 Å². The average molecular weight is 406 g/mol. The summed E-state index contributed by atoms with van der Waals surface area (Å²) in [6, 6.07) is 4.81. The molecule has 1 aromatic carbocycles. The zero-order valence-electron chi connectivity index (χ0n) is 13.4. The third-order valence-electron chi connectivity index (χ3n) is 3.65. The molecular formula is C16H17Cl2NO5S. The van der Waals surface area contributed by atoms with Gasteiger partial charge in [0.2, 0.25) is 0 Å². The van der Waals surface area contributed by atoms with Gasteiger partial charge in [0.05, 0.1) is 17.0 Å². The summed E-state index contributed by atoms with van der Waals surface area (Å²) in [5.74, 6) is -1.35. The Bertz CT molecular complexity index is 822. The number of halogens is 2. The van der Waals surface area contributed by atoms with Gasteiger partial charge in [-0.25, -0.2) is 13.2 Å². The summed E-state index contributed by atoms with van der Waals surface area (Å²) in [6.07, 6.45) is 2.93. The van der Waals surface area contributed by atoms with Crippen molar-refractivity contribution >= 4 is 51.0 Å². The second-order valence-corrected chi connectivity index (χ2v) is 9.09. The number of ether oxygens (including phenoxy) is 1. The summed E-state index contributed by atoms with van der Waals surface area (Å²) in [4.78, 5) is 23.5. The molecule has 1 aliphatic heterocycles. The molecule has 0 aromatic heterocycles. The molecule has 0 radical (unpaired) electrons. The molecule has 0 bridgehead atoms. The van der Waals surface area contributed by atoms with Crippen LogP contribution in [0.5, 0.6) is 0 Å². The van der Waals surface area contributed by atoms with E-state index < -0.39 is 33.9 Å². The normalized spacial score (nSPS) is 22.0. The number of carbonyl (C=O) groups is 2. The number of hydrogen-bond acceptors (Lipinski definition) is 5. The fourth-order valence-electron chi connectivity index (χ4n) is 2.46. The molecule has 1 N–H and O–H groups in total. The molecule has 1 saturated heterocycles. The molecule has 0 aliphatic carbocycles. The Kier molecular flexibility index (Phi) is 6.13. The first-order chi connectivity index (χ1) is 11.6. The Morgan fingerprint density at radius 1 is 1.36 bits per heavy atom. The van der Waals surface area contributed by atoms with Crippen molar-refractivity contribution in [2.24, 2.45) is 0 Å². The SMILES string of the molecule is C[C@@]1(NC(=O)COC(=O)/C=C/c2ccc(Cl)cc2Cl)CCS(=O)(=O)C1. The smallest absolute Gasteiger partial charge is 0.331 e. The molecule has 1 fully saturated rings. The van der Waals surface area contributed by atoms with Crippen LogP contribution in [0.2, 0.25) is 10.0 Å². The van der Waals surface area contributed by atoms with Crippen LogP contribution in [-0.4, -0.2) is 43.9 Å². The number of esters is 1. The van der Waals surface area contributed by atoms with E-state index in [1.54, 1.807) is 19.1 Å². The molecule has 1 heterocycles. The Hall–Kier alpha value is -1.57. The average Bonchev–Trinajstić information content (AvgIpc) is 2.77. The standard InChI is InChI=1S/C16H17Cl2NO5S/c1-16(6-7-25(22,23)10-16)19-14(20)9-24-15(21)5-3-11-2-4-12(17)8-13(11)18/h2-5,8H,6-7,9-10H2,1H3,(H,19,20)/b5-3+/t16-/m1/s1. The molecular weight excluding hydrogens is 389 g/mol. The van der Waals surface area contributed by atoms with E-state index in [-0.39, 0.29) is 11.5 Å². The minimum atomic E-state index is -3.13.